The van der Waals surface area contributed by atoms with Crippen molar-refractivity contribution in [2.45, 2.75) is 40.0 Å². The lowest BCUT2D eigenvalue weighted by Gasteiger charge is -2.34. The summed E-state index contributed by atoms with van der Waals surface area (Å²) in [7, 11) is 1.97. The molecule has 0 amide bonds. The van der Waals surface area contributed by atoms with Crippen LogP contribution in [0.1, 0.15) is 37.6 Å². The highest BCUT2D eigenvalue weighted by molar-refractivity contribution is 5.87. The molecule has 4 aromatic rings. The fourth-order valence-corrected chi connectivity index (χ4v) is 4.26. The van der Waals surface area contributed by atoms with E-state index < -0.39 is 0 Å². The molecule has 1 aliphatic heterocycles. The van der Waals surface area contributed by atoms with Gasteiger partial charge >= 0.3 is 0 Å². The molecule has 1 aliphatic rings. The Morgan fingerprint density at radius 3 is 2.38 bits per heavy atom. The summed E-state index contributed by atoms with van der Waals surface area (Å²) in [5.41, 5.74) is 5.89. The van der Waals surface area contributed by atoms with Gasteiger partial charge in [0.05, 0.1) is 6.33 Å². The van der Waals surface area contributed by atoms with Gasteiger partial charge in [-0.05, 0) is 41.6 Å². The fraction of sp³-hybridized carbons (Fsp3) is 0.458. The Bertz CT molecular complexity index is 1330. The average molecular weight is 462 g/mol. The first-order valence-corrected chi connectivity index (χ1v) is 11.6. The van der Waals surface area contributed by atoms with Crippen LogP contribution in [0.3, 0.4) is 0 Å². The van der Waals surface area contributed by atoms with Crippen LogP contribution in [0.25, 0.3) is 11.2 Å². The van der Waals surface area contributed by atoms with E-state index in [2.05, 4.69) is 76.3 Å². The highest BCUT2D eigenvalue weighted by Crippen LogP contribution is 2.31. The summed E-state index contributed by atoms with van der Waals surface area (Å²) in [5.74, 6) is 2.23. The van der Waals surface area contributed by atoms with Gasteiger partial charge in [-0.15, -0.1) is 0 Å². The van der Waals surface area contributed by atoms with E-state index in [1.165, 1.54) is 5.56 Å². The van der Waals surface area contributed by atoms with Gasteiger partial charge in [0, 0.05) is 38.9 Å². The smallest absolute Gasteiger partial charge is 0.229 e. The van der Waals surface area contributed by atoms with Gasteiger partial charge in [-0.25, -0.2) is 9.61 Å². The Balaban J connectivity index is 1.46. The number of hydrogen-bond acceptors (Lipinski definition) is 9. The second-order valence-corrected chi connectivity index (χ2v) is 9.95. The number of benzene rings is 1. The summed E-state index contributed by atoms with van der Waals surface area (Å²) in [6.07, 6.45) is 1.78. The molecule has 1 saturated heterocycles. The van der Waals surface area contributed by atoms with Crippen LogP contribution in [-0.2, 0) is 12.5 Å². The van der Waals surface area contributed by atoms with Crippen molar-refractivity contribution in [1.29, 1.82) is 0 Å². The highest BCUT2D eigenvalue weighted by atomic mass is 16.6. The molecule has 0 bridgehead atoms. The van der Waals surface area contributed by atoms with Crippen molar-refractivity contribution >= 4 is 34.4 Å². The summed E-state index contributed by atoms with van der Waals surface area (Å²) in [6, 6.07) is 6.56. The Morgan fingerprint density at radius 1 is 0.971 bits per heavy atom. The van der Waals surface area contributed by atoms with Crippen LogP contribution < -0.4 is 15.1 Å². The molecule has 1 N–H and O–H groups in total. The van der Waals surface area contributed by atoms with Crippen LogP contribution >= 0.6 is 0 Å². The normalized spacial score (nSPS) is 14.8. The van der Waals surface area contributed by atoms with E-state index >= 15 is 0 Å². The molecule has 1 fully saturated rings. The molecule has 1 aromatic carbocycles. The first-order valence-electron chi connectivity index (χ1n) is 11.6. The topological polar surface area (TPSA) is 101 Å². The molecule has 0 radical (unpaired) electrons. The van der Waals surface area contributed by atoms with Crippen LogP contribution in [0.4, 0.5) is 23.3 Å². The zero-order valence-electron chi connectivity index (χ0n) is 20.6. The van der Waals surface area contributed by atoms with E-state index in [-0.39, 0.29) is 5.41 Å². The number of rotatable bonds is 4. The van der Waals surface area contributed by atoms with E-state index in [4.69, 9.17) is 14.6 Å². The lowest BCUT2D eigenvalue weighted by Crippen LogP contribution is -2.47. The van der Waals surface area contributed by atoms with Crippen molar-refractivity contribution in [1.82, 2.24) is 29.8 Å². The fourth-order valence-electron chi connectivity index (χ4n) is 4.26. The van der Waals surface area contributed by atoms with Crippen LogP contribution in [0.5, 0.6) is 0 Å². The van der Waals surface area contributed by atoms with Crippen molar-refractivity contribution < 1.29 is 4.63 Å². The molecule has 178 valence electrons. The summed E-state index contributed by atoms with van der Waals surface area (Å²) < 4.78 is 6.83. The van der Waals surface area contributed by atoms with Gasteiger partial charge in [-0.3, -0.25) is 0 Å². The first kappa shape index (κ1) is 22.1. The number of fused-ring (bicyclic) bond motifs is 1. The molecule has 0 spiro atoms. The summed E-state index contributed by atoms with van der Waals surface area (Å²) in [5, 5.41) is 11.5. The minimum Gasteiger partial charge on any atom is -0.349 e. The predicted octanol–water partition coefficient (Wildman–Crippen LogP) is 3.73. The number of anilines is 4. The molecular formula is C24H31N9O. The van der Waals surface area contributed by atoms with E-state index in [0.717, 1.165) is 60.3 Å². The van der Waals surface area contributed by atoms with Crippen molar-refractivity contribution in [2.24, 2.45) is 7.05 Å². The average Bonchev–Trinajstić information content (AvgIpc) is 3.40. The second kappa shape index (κ2) is 8.27. The molecule has 5 rings (SSSR count). The van der Waals surface area contributed by atoms with E-state index in [1.807, 2.05) is 18.5 Å². The molecule has 34 heavy (non-hydrogen) atoms. The third kappa shape index (κ3) is 4.04. The Hall–Kier alpha value is -3.69. The van der Waals surface area contributed by atoms with Crippen molar-refractivity contribution in [3.63, 3.8) is 0 Å². The van der Waals surface area contributed by atoms with E-state index in [9.17, 15) is 0 Å². The molecular weight excluding hydrogens is 430 g/mol. The Morgan fingerprint density at radius 2 is 1.71 bits per heavy atom. The molecule has 10 heteroatoms. The third-order valence-electron chi connectivity index (χ3n) is 6.41. The molecule has 3 aromatic heterocycles. The van der Waals surface area contributed by atoms with E-state index in [1.54, 1.807) is 6.33 Å². The van der Waals surface area contributed by atoms with Gasteiger partial charge in [0.1, 0.15) is 11.2 Å². The van der Waals surface area contributed by atoms with Crippen molar-refractivity contribution in [3.8, 4) is 0 Å². The van der Waals surface area contributed by atoms with Crippen LogP contribution in [0.15, 0.2) is 29.2 Å². The lowest BCUT2D eigenvalue weighted by atomic mass is 9.86. The minimum absolute atomic E-state index is 0.0558. The first-order chi connectivity index (χ1) is 16.2. The number of nitrogens with one attached hydrogen (secondary N) is 1. The van der Waals surface area contributed by atoms with Gasteiger partial charge < -0.3 is 19.7 Å². The summed E-state index contributed by atoms with van der Waals surface area (Å²) in [6.45, 7) is 13.8. The van der Waals surface area contributed by atoms with Crippen LogP contribution in [-0.4, -0.2) is 56.0 Å². The SMILES string of the molecule is Cc1ccc(C(C)(C)C)cc1Nc1nc(N2CCN(c3nonc3C)CC2)nc2ncn(C)c12. The van der Waals surface area contributed by atoms with Crippen LogP contribution in [0.2, 0.25) is 0 Å². The van der Waals surface area contributed by atoms with Crippen molar-refractivity contribution in [2.75, 3.05) is 41.3 Å². The zero-order chi connectivity index (χ0) is 24.0. The maximum atomic E-state index is 4.97. The zero-order valence-corrected chi connectivity index (χ0v) is 20.6. The number of hydrogen-bond donors (Lipinski definition) is 1. The number of aryl methyl sites for hydroxylation is 3. The Labute approximate surface area is 199 Å². The lowest BCUT2D eigenvalue weighted by molar-refractivity contribution is 0.304. The Kier molecular flexibility index (Phi) is 5.38. The maximum Gasteiger partial charge on any atom is 0.229 e. The van der Waals surface area contributed by atoms with Gasteiger partial charge in [0.25, 0.3) is 0 Å². The number of nitrogens with zero attached hydrogens (tertiary/aromatic N) is 8. The molecule has 10 nitrogen and oxygen atoms in total. The highest BCUT2D eigenvalue weighted by Gasteiger charge is 2.25. The molecule has 0 aliphatic carbocycles. The number of aromatic nitrogens is 6. The quantitative estimate of drug-likeness (QED) is 0.487. The summed E-state index contributed by atoms with van der Waals surface area (Å²) in [4.78, 5) is 18.7. The molecule has 0 saturated carbocycles. The maximum absolute atomic E-state index is 4.97. The van der Waals surface area contributed by atoms with Gasteiger partial charge in [0.2, 0.25) is 5.95 Å². The van der Waals surface area contributed by atoms with Gasteiger partial charge in [-0.2, -0.15) is 9.97 Å². The molecule has 4 heterocycles. The van der Waals surface area contributed by atoms with Crippen molar-refractivity contribution in [3.05, 3.63) is 41.3 Å². The molecule has 0 unspecified atom stereocenters. The molecule has 0 atom stereocenters. The predicted molar refractivity (Wildman–Crippen MR) is 133 cm³/mol. The standard InChI is InChI=1S/C24H31N9O/c1-15-7-8-17(24(3,4)5)13-18(15)26-21-19-20(25-14-31(19)6)27-23(28-21)33-11-9-32(10-12-33)22-16(2)29-34-30-22/h7-8,13-14H,9-12H2,1-6H3,(H,26,27,28). The van der Waals surface area contributed by atoms with Gasteiger partial charge in [-0.1, -0.05) is 38.1 Å². The third-order valence-corrected chi connectivity index (χ3v) is 6.41. The van der Waals surface area contributed by atoms with E-state index in [0.29, 0.717) is 11.6 Å². The van der Waals surface area contributed by atoms with Gasteiger partial charge in [0.15, 0.2) is 17.3 Å². The second-order valence-electron chi connectivity index (χ2n) is 9.95. The number of imidazole rings is 1. The monoisotopic (exact) mass is 461 g/mol. The van der Waals surface area contributed by atoms with Crippen LogP contribution in [0, 0.1) is 13.8 Å². The number of piperazine rings is 1. The largest absolute Gasteiger partial charge is 0.349 e. The summed E-state index contributed by atoms with van der Waals surface area (Å²) >= 11 is 0. The minimum atomic E-state index is 0.0558.